The van der Waals surface area contributed by atoms with E-state index in [2.05, 4.69) is 27.8 Å². The molecule has 0 spiro atoms. The molecule has 2 nitrogen and oxygen atoms in total. The fraction of sp³-hybridized carbons (Fsp3) is 0.500. The summed E-state index contributed by atoms with van der Waals surface area (Å²) >= 11 is 3.52. The van der Waals surface area contributed by atoms with E-state index in [4.69, 9.17) is 0 Å². The Kier molecular flexibility index (Phi) is 3.32. The van der Waals surface area contributed by atoms with Crippen LogP contribution in [0.4, 0.5) is 0 Å². The van der Waals surface area contributed by atoms with Gasteiger partial charge in [0.05, 0.1) is 0 Å². The maximum atomic E-state index is 9.44. The molecule has 1 N–H and O–H groups in total. The minimum atomic E-state index is 0.347. The summed E-state index contributed by atoms with van der Waals surface area (Å²) in [5.41, 5.74) is 1.17. The van der Waals surface area contributed by atoms with Gasteiger partial charge in [0.25, 0.3) is 0 Å². The average Bonchev–Trinajstić information content (AvgIpc) is 2.58. The van der Waals surface area contributed by atoms with Crippen LogP contribution in [0.15, 0.2) is 22.7 Å². The molecule has 1 saturated heterocycles. The largest absolute Gasteiger partial charge is 0.508 e. The highest BCUT2D eigenvalue weighted by atomic mass is 79.9. The van der Waals surface area contributed by atoms with Crippen molar-refractivity contribution in [2.45, 2.75) is 32.4 Å². The van der Waals surface area contributed by atoms with Crippen molar-refractivity contribution < 1.29 is 5.11 Å². The van der Waals surface area contributed by atoms with E-state index >= 15 is 0 Å². The topological polar surface area (TPSA) is 23.5 Å². The van der Waals surface area contributed by atoms with Crippen LogP contribution in [0.3, 0.4) is 0 Å². The van der Waals surface area contributed by atoms with Crippen LogP contribution in [-0.4, -0.2) is 22.6 Å². The summed E-state index contributed by atoms with van der Waals surface area (Å²) < 4.78 is 1.08. The molecule has 0 radical (unpaired) electrons. The first-order chi connectivity index (χ1) is 7.16. The number of hydrogen-bond acceptors (Lipinski definition) is 2. The molecule has 0 amide bonds. The lowest BCUT2D eigenvalue weighted by Crippen LogP contribution is -2.26. The lowest BCUT2D eigenvalue weighted by molar-refractivity contribution is 0.259. The summed E-state index contributed by atoms with van der Waals surface area (Å²) in [5, 5.41) is 9.44. The standard InChI is InChI=1S/C12H16BrNO/c1-9-3-2-6-14(9)8-10-7-11(15)4-5-12(10)13/h4-5,7,9,15H,2-3,6,8H2,1H3. The average molecular weight is 270 g/mol. The van der Waals surface area contributed by atoms with E-state index in [-0.39, 0.29) is 0 Å². The smallest absolute Gasteiger partial charge is 0.115 e. The van der Waals surface area contributed by atoms with Crippen molar-refractivity contribution >= 4 is 15.9 Å². The molecule has 0 bridgehead atoms. The fourth-order valence-corrected chi connectivity index (χ4v) is 2.50. The first-order valence-corrected chi connectivity index (χ1v) is 6.17. The van der Waals surface area contributed by atoms with Gasteiger partial charge in [0.1, 0.15) is 5.75 Å². The number of likely N-dealkylation sites (tertiary alicyclic amines) is 1. The molecular weight excluding hydrogens is 254 g/mol. The van der Waals surface area contributed by atoms with Gasteiger partial charge in [0, 0.05) is 17.1 Å². The van der Waals surface area contributed by atoms with Crippen molar-refractivity contribution in [2.24, 2.45) is 0 Å². The van der Waals surface area contributed by atoms with Crippen LogP contribution >= 0.6 is 15.9 Å². The van der Waals surface area contributed by atoms with Gasteiger partial charge < -0.3 is 5.11 Å². The van der Waals surface area contributed by atoms with Gasteiger partial charge in [-0.25, -0.2) is 0 Å². The van der Waals surface area contributed by atoms with Crippen molar-refractivity contribution in [3.8, 4) is 5.75 Å². The summed E-state index contributed by atoms with van der Waals surface area (Å²) in [7, 11) is 0. The second kappa shape index (κ2) is 4.54. The molecule has 1 aliphatic heterocycles. The quantitative estimate of drug-likeness (QED) is 0.892. The second-order valence-electron chi connectivity index (χ2n) is 4.24. The first kappa shape index (κ1) is 11.0. The number of phenols is 1. The zero-order chi connectivity index (χ0) is 10.8. The molecule has 1 aromatic carbocycles. The van der Waals surface area contributed by atoms with Gasteiger partial charge in [0.15, 0.2) is 0 Å². The van der Waals surface area contributed by atoms with Crippen LogP contribution in [0.2, 0.25) is 0 Å². The Morgan fingerprint density at radius 3 is 3.00 bits per heavy atom. The SMILES string of the molecule is CC1CCCN1Cc1cc(O)ccc1Br. The van der Waals surface area contributed by atoms with E-state index in [9.17, 15) is 5.11 Å². The van der Waals surface area contributed by atoms with Gasteiger partial charge in [-0.2, -0.15) is 0 Å². The number of phenolic OH excluding ortho intramolecular Hbond substituents is 1. The first-order valence-electron chi connectivity index (χ1n) is 5.38. The van der Waals surface area contributed by atoms with E-state index in [1.165, 1.54) is 24.9 Å². The Morgan fingerprint density at radius 1 is 1.53 bits per heavy atom. The second-order valence-corrected chi connectivity index (χ2v) is 5.09. The Balaban J connectivity index is 2.12. The van der Waals surface area contributed by atoms with E-state index < -0.39 is 0 Å². The monoisotopic (exact) mass is 269 g/mol. The van der Waals surface area contributed by atoms with Gasteiger partial charge in [0.2, 0.25) is 0 Å². The van der Waals surface area contributed by atoms with E-state index in [0.717, 1.165) is 11.0 Å². The van der Waals surface area contributed by atoms with Gasteiger partial charge in [-0.1, -0.05) is 15.9 Å². The normalized spacial score (nSPS) is 22.1. The van der Waals surface area contributed by atoms with Crippen molar-refractivity contribution in [1.29, 1.82) is 0 Å². The third kappa shape index (κ3) is 2.52. The minimum absolute atomic E-state index is 0.347. The summed E-state index contributed by atoms with van der Waals surface area (Å²) in [6.45, 7) is 4.36. The van der Waals surface area contributed by atoms with Crippen LogP contribution < -0.4 is 0 Å². The predicted octanol–water partition coefficient (Wildman–Crippen LogP) is 3.14. The Bertz CT molecular complexity index is 353. The van der Waals surface area contributed by atoms with E-state index in [1.807, 2.05) is 12.1 Å². The van der Waals surface area contributed by atoms with Gasteiger partial charge in [-0.05, 0) is 50.1 Å². The third-order valence-corrected chi connectivity index (χ3v) is 3.87. The molecule has 3 heteroatoms. The molecule has 0 saturated carbocycles. The summed E-state index contributed by atoms with van der Waals surface area (Å²) in [4.78, 5) is 2.46. The number of hydrogen-bond donors (Lipinski definition) is 1. The molecular formula is C12H16BrNO. The highest BCUT2D eigenvalue weighted by molar-refractivity contribution is 9.10. The number of nitrogens with zero attached hydrogens (tertiary/aromatic N) is 1. The highest BCUT2D eigenvalue weighted by Crippen LogP contribution is 2.26. The molecule has 1 heterocycles. The molecule has 15 heavy (non-hydrogen) atoms. The lowest BCUT2D eigenvalue weighted by atomic mass is 10.2. The number of halogens is 1. The van der Waals surface area contributed by atoms with Crippen LogP contribution in [0.25, 0.3) is 0 Å². The van der Waals surface area contributed by atoms with Crippen LogP contribution in [0.5, 0.6) is 5.75 Å². The molecule has 0 aromatic heterocycles. The lowest BCUT2D eigenvalue weighted by Gasteiger charge is -2.21. The van der Waals surface area contributed by atoms with Gasteiger partial charge >= 0.3 is 0 Å². The summed E-state index contributed by atoms with van der Waals surface area (Å²) in [6.07, 6.45) is 2.58. The van der Waals surface area contributed by atoms with Crippen molar-refractivity contribution in [1.82, 2.24) is 4.90 Å². The Hall–Kier alpha value is -0.540. The summed E-state index contributed by atoms with van der Waals surface area (Å²) in [5.74, 6) is 0.347. The predicted molar refractivity (Wildman–Crippen MR) is 64.9 cm³/mol. The Morgan fingerprint density at radius 2 is 2.33 bits per heavy atom. The third-order valence-electron chi connectivity index (χ3n) is 3.09. The van der Waals surface area contributed by atoms with Crippen molar-refractivity contribution in [2.75, 3.05) is 6.54 Å². The summed E-state index contributed by atoms with van der Waals surface area (Å²) in [6, 6.07) is 6.13. The van der Waals surface area contributed by atoms with Crippen molar-refractivity contribution in [3.05, 3.63) is 28.2 Å². The van der Waals surface area contributed by atoms with Gasteiger partial charge in [-0.3, -0.25) is 4.90 Å². The molecule has 1 aliphatic rings. The van der Waals surface area contributed by atoms with Crippen LogP contribution in [0.1, 0.15) is 25.3 Å². The number of rotatable bonds is 2. The van der Waals surface area contributed by atoms with E-state index in [0.29, 0.717) is 11.8 Å². The van der Waals surface area contributed by atoms with Gasteiger partial charge in [-0.15, -0.1) is 0 Å². The molecule has 0 aliphatic carbocycles. The number of aromatic hydroxyl groups is 1. The molecule has 82 valence electrons. The minimum Gasteiger partial charge on any atom is -0.508 e. The fourth-order valence-electron chi connectivity index (χ4n) is 2.13. The molecule has 1 atom stereocenters. The molecule has 1 aromatic rings. The maximum Gasteiger partial charge on any atom is 0.115 e. The van der Waals surface area contributed by atoms with Crippen LogP contribution in [-0.2, 0) is 6.54 Å². The Labute approximate surface area is 99.0 Å². The molecule has 1 unspecified atom stereocenters. The highest BCUT2D eigenvalue weighted by Gasteiger charge is 2.20. The zero-order valence-electron chi connectivity index (χ0n) is 8.91. The molecule has 2 rings (SSSR count). The maximum absolute atomic E-state index is 9.44. The zero-order valence-corrected chi connectivity index (χ0v) is 10.5. The van der Waals surface area contributed by atoms with E-state index in [1.54, 1.807) is 6.07 Å². The number of benzene rings is 1. The van der Waals surface area contributed by atoms with Crippen LogP contribution in [0, 0.1) is 0 Å². The van der Waals surface area contributed by atoms with Crippen molar-refractivity contribution in [3.63, 3.8) is 0 Å². The molecule has 1 fully saturated rings.